The topological polar surface area (TPSA) is 68.0 Å². The summed E-state index contributed by atoms with van der Waals surface area (Å²) in [5, 5.41) is 5.82. The lowest BCUT2D eigenvalue weighted by Crippen LogP contribution is -2.26. The van der Waals surface area contributed by atoms with E-state index in [9.17, 15) is 4.79 Å². The highest BCUT2D eigenvalue weighted by Gasteiger charge is 2.08. The predicted octanol–water partition coefficient (Wildman–Crippen LogP) is 3.63. The molecule has 1 heterocycles. The van der Waals surface area contributed by atoms with Crippen LogP contribution in [0.3, 0.4) is 0 Å². The van der Waals surface area contributed by atoms with Crippen molar-refractivity contribution in [2.75, 3.05) is 12.3 Å². The van der Waals surface area contributed by atoms with Gasteiger partial charge in [0, 0.05) is 23.2 Å². The molecule has 0 aliphatic rings. The average molecular weight is 317 g/mol. The molecule has 0 atom stereocenters. The molecular formula is C17H23N3OS. The summed E-state index contributed by atoms with van der Waals surface area (Å²) in [6.07, 6.45) is 5.01. The molecule has 118 valence electrons. The first kappa shape index (κ1) is 16.5. The molecule has 0 saturated carbocycles. The van der Waals surface area contributed by atoms with E-state index < -0.39 is 0 Å². The number of nitrogens with two attached hydrogens (primary N) is 1. The van der Waals surface area contributed by atoms with Gasteiger partial charge < -0.3 is 11.1 Å². The number of carbonyl (C=O) groups excluding carboxylic acids is 1. The highest BCUT2D eigenvalue weighted by molar-refractivity contribution is 7.13. The number of anilines is 1. The Morgan fingerprint density at radius 1 is 1.23 bits per heavy atom. The van der Waals surface area contributed by atoms with Crippen molar-refractivity contribution in [3.8, 4) is 10.6 Å². The van der Waals surface area contributed by atoms with Crippen LogP contribution in [-0.2, 0) is 11.2 Å². The van der Waals surface area contributed by atoms with Gasteiger partial charge in [-0.3, -0.25) is 4.79 Å². The quantitative estimate of drug-likeness (QED) is 0.577. The van der Waals surface area contributed by atoms with Crippen LogP contribution in [0.1, 0.15) is 38.3 Å². The van der Waals surface area contributed by atoms with Crippen LogP contribution in [0.4, 0.5) is 5.69 Å². The summed E-state index contributed by atoms with van der Waals surface area (Å²) in [7, 11) is 0. The van der Waals surface area contributed by atoms with Gasteiger partial charge in [-0.1, -0.05) is 26.2 Å². The van der Waals surface area contributed by atoms with Crippen LogP contribution in [0.2, 0.25) is 0 Å². The van der Waals surface area contributed by atoms with Gasteiger partial charge in [0.25, 0.3) is 0 Å². The van der Waals surface area contributed by atoms with Gasteiger partial charge in [0.15, 0.2) is 0 Å². The fourth-order valence-electron chi connectivity index (χ4n) is 2.15. The highest BCUT2D eigenvalue weighted by Crippen LogP contribution is 2.24. The molecule has 0 spiro atoms. The van der Waals surface area contributed by atoms with Crippen molar-refractivity contribution in [3.05, 3.63) is 35.3 Å². The number of nitrogens with one attached hydrogen (secondary N) is 1. The predicted molar refractivity (Wildman–Crippen MR) is 92.8 cm³/mol. The standard InChI is InChI=1S/C17H23N3OS/c1-2-3-4-5-10-19-16(21)11-15-12-22-17(20-15)13-6-8-14(18)9-7-13/h6-9,12H,2-5,10-11,18H2,1H3,(H,19,21). The normalized spacial score (nSPS) is 10.6. The number of carbonyl (C=O) groups is 1. The molecular weight excluding hydrogens is 294 g/mol. The number of amides is 1. The molecule has 0 aliphatic heterocycles. The molecule has 0 radical (unpaired) electrons. The maximum Gasteiger partial charge on any atom is 0.226 e. The SMILES string of the molecule is CCCCCCNC(=O)Cc1csc(-c2ccc(N)cc2)n1. The lowest BCUT2D eigenvalue weighted by Gasteiger charge is -2.03. The summed E-state index contributed by atoms with van der Waals surface area (Å²) >= 11 is 1.55. The zero-order valence-electron chi connectivity index (χ0n) is 13.0. The van der Waals surface area contributed by atoms with E-state index in [1.807, 2.05) is 29.6 Å². The van der Waals surface area contributed by atoms with Gasteiger partial charge in [-0.15, -0.1) is 11.3 Å². The maximum absolute atomic E-state index is 11.9. The molecule has 0 fully saturated rings. The number of nitrogens with zero attached hydrogens (tertiary/aromatic N) is 1. The number of rotatable bonds is 8. The van der Waals surface area contributed by atoms with Crippen LogP contribution < -0.4 is 11.1 Å². The van der Waals surface area contributed by atoms with E-state index >= 15 is 0 Å². The minimum atomic E-state index is 0.0469. The fraction of sp³-hybridized carbons (Fsp3) is 0.412. The molecule has 0 unspecified atom stereocenters. The third kappa shape index (κ3) is 5.15. The number of unbranched alkanes of at least 4 members (excludes halogenated alkanes) is 3. The fourth-order valence-corrected chi connectivity index (χ4v) is 2.98. The van der Waals surface area contributed by atoms with Gasteiger partial charge in [-0.25, -0.2) is 4.98 Å². The van der Waals surface area contributed by atoms with Crippen LogP contribution in [0.25, 0.3) is 10.6 Å². The number of benzene rings is 1. The van der Waals surface area contributed by atoms with E-state index in [1.54, 1.807) is 11.3 Å². The average Bonchev–Trinajstić information content (AvgIpc) is 2.96. The third-order valence-electron chi connectivity index (χ3n) is 3.40. The third-order valence-corrected chi connectivity index (χ3v) is 4.34. The summed E-state index contributed by atoms with van der Waals surface area (Å²) in [5.41, 5.74) is 8.28. The minimum absolute atomic E-state index is 0.0469. The van der Waals surface area contributed by atoms with E-state index in [4.69, 9.17) is 5.73 Å². The Balaban J connectivity index is 1.81. The van der Waals surface area contributed by atoms with Gasteiger partial charge in [-0.05, 0) is 30.7 Å². The maximum atomic E-state index is 11.9. The smallest absolute Gasteiger partial charge is 0.226 e. The number of hydrogen-bond acceptors (Lipinski definition) is 4. The molecule has 22 heavy (non-hydrogen) atoms. The Kier molecular flexibility index (Phi) is 6.40. The van der Waals surface area contributed by atoms with Gasteiger partial charge in [0.2, 0.25) is 5.91 Å². The number of nitrogen functional groups attached to an aromatic ring is 1. The lowest BCUT2D eigenvalue weighted by molar-refractivity contribution is -0.120. The van der Waals surface area contributed by atoms with Crippen molar-refractivity contribution in [2.24, 2.45) is 0 Å². The minimum Gasteiger partial charge on any atom is -0.399 e. The van der Waals surface area contributed by atoms with E-state index in [0.717, 1.165) is 34.9 Å². The summed E-state index contributed by atoms with van der Waals surface area (Å²) in [4.78, 5) is 16.4. The Morgan fingerprint density at radius 2 is 2.00 bits per heavy atom. The molecule has 1 aromatic heterocycles. The molecule has 4 nitrogen and oxygen atoms in total. The second-order valence-corrected chi connectivity index (χ2v) is 6.21. The van der Waals surface area contributed by atoms with Gasteiger partial charge in [0.05, 0.1) is 12.1 Å². The summed E-state index contributed by atoms with van der Waals surface area (Å²) in [6, 6.07) is 7.62. The molecule has 2 rings (SSSR count). The van der Waals surface area contributed by atoms with Crippen LogP contribution in [0.15, 0.2) is 29.6 Å². The highest BCUT2D eigenvalue weighted by atomic mass is 32.1. The van der Waals surface area contributed by atoms with Crippen molar-refractivity contribution in [2.45, 2.75) is 39.0 Å². The molecule has 5 heteroatoms. The summed E-state index contributed by atoms with van der Waals surface area (Å²) in [6.45, 7) is 2.94. The van der Waals surface area contributed by atoms with Gasteiger partial charge in [0.1, 0.15) is 5.01 Å². The lowest BCUT2D eigenvalue weighted by atomic mass is 10.2. The molecule has 2 aromatic rings. The second-order valence-electron chi connectivity index (χ2n) is 5.35. The van der Waals surface area contributed by atoms with Crippen molar-refractivity contribution in [1.29, 1.82) is 0 Å². The number of aromatic nitrogens is 1. The first-order valence-electron chi connectivity index (χ1n) is 7.76. The van der Waals surface area contributed by atoms with E-state index in [0.29, 0.717) is 6.42 Å². The van der Waals surface area contributed by atoms with E-state index in [-0.39, 0.29) is 5.91 Å². The van der Waals surface area contributed by atoms with Crippen molar-refractivity contribution in [1.82, 2.24) is 10.3 Å². The Hall–Kier alpha value is -1.88. The molecule has 0 saturated heterocycles. The second kappa shape index (κ2) is 8.54. The van der Waals surface area contributed by atoms with Crippen LogP contribution >= 0.6 is 11.3 Å². The molecule has 1 amide bonds. The van der Waals surface area contributed by atoms with Gasteiger partial charge >= 0.3 is 0 Å². The molecule has 1 aromatic carbocycles. The monoisotopic (exact) mass is 317 g/mol. The first-order chi connectivity index (χ1) is 10.7. The Morgan fingerprint density at radius 3 is 2.73 bits per heavy atom. The molecule has 0 bridgehead atoms. The Labute approximate surface area is 135 Å². The van der Waals surface area contributed by atoms with Crippen molar-refractivity contribution in [3.63, 3.8) is 0 Å². The van der Waals surface area contributed by atoms with Gasteiger partial charge in [-0.2, -0.15) is 0 Å². The first-order valence-corrected chi connectivity index (χ1v) is 8.64. The van der Waals surface area contributed by atoms with E-state index in [1.165, 1.54) is 19.3 Å². The van der Waals surface area contributed by atoms with Crippen LogP contribution in [0.5, 0.6) is 0 Å². The molecule has 3 N–H and O–H groups in total. The van der Waals surface area contributed by atoms with Crippen LogP contribution in [0, 0.1) is 0 Å². The van der Waals surface area contributed by atoms with E-state index in [2.05, 4.69) is 17.2 Å². The summed E-state index contributed by atoms with van der Waals surface area (Å²) in [5.74, 6) is 0.0469. The van der Waals surface area contributed by atoms with Crippen molar-refractivity contribution < 1.29 is 4.79 Å². The zero-order chi connectivity index (χ0) is 15.8. The summed E-state index contributed by atoms with van der Waals surface area (Å²) < 4.78 is 0. The number of thiazole rings is 1. The number of hydrogen-bond donors (Lipinski definition) is 2. The molecule has 0 aliphatic carbocycles. The largest absolute Gasteiger partial charge is 0.399 e. The van der Waals surface area contributed by atoms with Crippen molar-refractivity contribution >= 4 is 22.9 Å². The Bertz CT molecular complexity index is 592. The van der Waals surface area contributed by atoms with Crippen LogP contribution in [-0.4, -0.2) is 17.4 Å². The zero-order valence-corrected chi connectivity index (χ0v) is 13.8.